The van der Waals surface area contributed by atoms with Gasteiger partial charge in [-0.15, -0.1) is 24.0 Å². The molecule has 1 aliphatic heterocycles. The number of aromatic nitrogens is 1. The zero-order valence-electron chi connectivity index (χ0n) is 17.6. The smallest absolute Gasteiger partial charge is 0.191 e. The summed E-state index contributed by atoms with van der Waals surface area (Å²) < 4.78 is 11.2. The summed E-state index contributed by atoms with van der Waals surface area (Å²) in [5, 5.41) is 7.96. The van der Waals surface area contributed by atoms with Gasteiger partial charge in [-0.3, -0.25) is 4.99 Å². The average molecular weight is 513 g/mol. The number of halogens is 1. The first-order chi connectivity index (χ1) is 13.6. The first-order valence-electron chi connectivity index (χ1n) is 9.79. The fourth-order valence-electron chi connectivity index (χ4n) is 3.18. The van der Waals surface area contributed by atoms with Crippen molar-refractivity contribution in [3.05, 3.63) is 35.9 Å². The number of aliphatic imine (C=N–C) groups is 1. The van der Waals surface area contributed by atoms with Crippen molar-refractivity contribution in [1.82, 2.24) is 15.6 Å². The van der Waals surface area contributed by atoms with Crippen LogP contribution in [0.3, 0.4) is 0 Å². The molecule has 8 heteroatoms. The quantitative estimate of drug-likeness (QED) is 0.337. The number of nitrogens with zero attached hydrogens (tertiary/aromatic N) is 3. The van der Waals surface area contributed by atoms with Gasteiger partial charge in [-0.05, 0) is 31.0 Å². The van der Waals surface area contributed by atoms with Crippen LogP contribution >= 0.6 is 24.0 Å². The maximum Gasteiger partial charge on any atom is 0.191 e. The largest absolute Gasteiger partial charge is 0.379 e. The van der Waals surface area contributed by atoms with Crippen LogP contribution in [-0.2, 0) is 16.0 Å². The number of anilines is 1. The third-order valence-corrected chi connectivity index (χ3v) is 4.77. The van der Waals surface area contributed by atoms with Crippen LogP contribution in [0.5, 0.6) is 0 Å². The van der Waals surface area contributed by atoms with Gasteiger partial charge in [0.25, 0.3) is 0 Å². The molecule has 0 radical (unpaired) electrons. The molecule has 2 heterocycles. The van der Waals surface area contributed by atoms with Gasteiger partial charge in [0.2, 0.25) is 0 Å². The lowest BCUT2D eigenvalue weighted by Crippen LogP contribution is -2.44. The summed E-state index contributed by atoms with van der Waals surface area (Å²) >= 11 is 0. The Bertz CT molecular complexity index is 809. The Morgan fingerprint density at radius 2 is 2.17 bits per heavy atom. The van der Waals surface area contributed by atoms with E-state index in [9.17, 15) is 0 Å². The molecule has 0 bridgehead atoms. The second-order valence-electron chi connectivity index (χ2n) is 7.34. The summed E-state index contributed by atoms with van der Waals surface area (Å²) in [6, 6.07) is 10.5. The second kappa shape index (κ2) is 11.5. The van der Waals surface area contributed by atoms with Gasteiger partial charge in [0.05, 0.1) is 24.8 Å². The minimum atomic E-state index is 0. The number of hydrogen-bond donors (Lipinski definition) is 2. The molecule has 0 spiro atoms. The summed E-state index contributed by atoms with van der Waals surface area (Å²) in [6.07, 6.45) is 1.19. The lowest BCUT2D eigenvalue weighted by atomic mass is 10.1. The topological polar surface area (TPSA) is 71.0 Å². The molecule has 160 valence electrons. The number of nitrogens with one attached hydrogen (secondary N) is 2. The number of fused-ring (bicyclic) bond motifs is 1. The molecule has 0 amide bonds. The van der Waals surface area contributed by atoms with Crippen LogP contribution in [0, 0.1) is 0 Å². The van der Waals surface area contributed by atoms with Crippen molar-refractivity contribution in [2.24, 2.45) is 4.99 Å². The van der Waals surface area contributed by atoms with Gasteiger partial charge in [-0.2, -0.15) is 0 Å². The number of para-hydroxylation sites is 1. The highest BCUT2D eigenvalue weighted by molar-refractivity contribution is 14.0. The van der Waals surface area contributed by atoms with E-state index in [-0.39, 0.29) is 36.1 Å². The van der Waals surface area contributed by atoms with Gasteiger partial charge in [-0.25, -0.2) is 4.98 Å². The Balaban J connectivity index is 0.00000300. The van der Waals surface area contributed by atoms with E-state index < -0.39 is 0 Å². The van der Waals surface area contributed by atoms with E-state index in [1.54, 1.807) is 7.05 Å². The highest BCUT2D eigenvalue weighted by Crippen LogP contribution is 2.22. The number of hydrogen-bond acceptors (Lipinski definition) is 5. The van der Waals surface area contributed by atoms with Crippen LogP contribution in [0.1, 0.15) is 18.9 Å². The fraction of sp³-hybridized carbons (Fsp3) is 0.524. The minimum absolute atomic E-state index is 0. The van der Waals surface area contributed by atoms with Gasteiger partial charge in [-0.1, -0.05) is 18.2 Å². The van der Waals surface area contributed by atoms with Crippen LogP contribution in [0.4, 0.5) is 5.82 Å². The minimum Gasteiger partial charge on any atom is -0.379 e. The third-order valence-electron chi connectivity index (χ3n) is 4.77. The van der Waals surface area contributed by atoms with Crippen molar-refractivity contribution < 1.29 is 9.47 Å². The Labute approximate surface area is 190 Å². The predicted molar refractivity (Wildman–Crippen MR) is 129 cm³/mol. The van der Waals surface area contributed by atoms with E-state index >= 15 is 0 Å². The maximum atomic E-state index is 5.89. The molecule has 3 rings (SSSR count). The van der Waals surface area contributed by atoms with Crippen molar-refractivity contribution in [3.8, 4) is 0 Å². The molecule has 0 aliphatic carbocycles. The monoisotopic (exact) mass is 513 g/mol. The molecule has 1 saturated heterocycles. The van der Waals surface area contributed by atoms with Crippen LogP contribution in [0.2, 0.25) is 0 Å². The van der Waals surface area contributed by atoms with Gasteiger partial charge in [0, 0.05) is 45.7 Å². The molecular weight excluding hydrogens is 481 g/mol. The van der Waals surface area contributed by atoms with Crippen LogP contribution < -0.4 is 15.5 Å². The summed E-state index contributed by atoms with van der Waals surface area (Å²) in [5.74, 6) is 1.70. The van der Waals surface area contributed by atoms with E-state index in [1.807, 2.05) is 37.2 Å². The molecule has 0 saturated carbocycles. The normalized spacial score (nSPS) is 17.7. The van der Waals surface area contributed by atoms with Crippen LogP contribution in [-0.4, -0.2) is 64.1 Å². The number of benzene rings is 1. The van der Waals surface area contributed by atoms with Crippen molar-refractivity contribution in [1.29, 1.82) is 0 Å². The zero-order valence-corrected chi connectivity index (χ0v) is 20.0. The van der Waals surface area contributed by atoms with Crippen molar-refractivity contribution in [3.63, 3.8) is 0 Å². The predicted octanol–water partition coefficient (Wildman–Crippen LogP) is 2.78. The van der Waals surface area contributed by atoms with Gasteiger partial charge >= 0.3 is 0 Å². The van der Waals surface area contributed by atoms with E-state index in [1.165, 1.54) is 5.56 Å². The lowest BCUT2D eigenvalue weighted by molar-refractivity contribution is 0.0347. The van der Waals surface area contributed by atoms with E-state index in [2.05, 4.69) is 34.7 Å². The molecule has 2 atom stereocenters. The number of rotatable bonds is 7. The Morgan fingerprint density at radius 1 is 1.38 bits per heavy atom. The Kier molecular flexibility index (Phi) is 9.38. The van der Waals surface area contributed by atoms with Gasteiger partial charge in [0.15, 0.2) is 5.96 Å². The summed E-state index contributed by atoms with van der Waals surface area (Å²) in [7, 11) is 5.79. The number of ether oxygens (including phenoxy) is 2. The van der Waals surface area contributed by atoms with Gasteiger partial charge in [0.1, 0.15) is 5.82 Å². The summed E-state index contributed by atoms with van der Waals surface area (Å²) in [6.45, 7) is 4.87. The average Bonchev–Trinajstić information content (AvgIpc) is 3.22. The highest BCUT2D eigenvalue weighted by atomic mass is 127. The standard InChI is InChI=1S/C21H31N5O2.HI/c1-15(13-28-17-9-10-27-14-17)24-21(22-2)23-12-16-11-20(26(3)4)25-19-8-6-5-7-18(16)19;/h5-8,11,15,17H,9-10,12-14H2,1-4H3,(H2,22,23,24);1H. The molecule has 1 fully saturated rings. The van der Waals surface area contributed by atoms with Crippen LogP contribution in [0.25, 0.3) is 10.9 Å². The van der Waals surface area contributed by atoms with E-state index in [0.717, 1.165) is 35.7 Å². The second-order valence-corrected chi connectivity index (χ2v) is 7.34. The molecular formula is C21H32IN5O2. The third kappa shape index (κ3) is 6.68. The molecule has 1 aromatic carbocycles. The molecule has 7 nitrogen and oxygen atoms in total. The number of guanidine groups is 1. The first kappa shape index (κ1) is 23.6. The number of pyridine rings is 1. The van der Waals surface area contributed by atoms with E-state index in [0.29, 0.717) is 19.8 Å². The molecule has 2 unspecified atom stereocenters. The van der Waals surface area contributed by atoms with Crippen molar-refractivity contribution >= 4 is 46.7 Å². The molecule has 1 aromatic heterocycles. The Hall–Kier alpha value is -1.65. The highest BCUT2D eigenvalue weighted by Gasteiger charge is 2.17. The van der Waals surface area contributed by atoms with Gasteiger partial charge < -0.3 is 25.0 Å². The summed E-state index contributed by atoms with van der Waals surface area (Å²) in [4.78, 5) is 11.1. The SMILES string of the molecule is CN=C(NCc1cc(N(C)C)nc2ccccc12)NC(C)COC1CCOC1.I. The van der Waals surface area contributed by atoms with Crippen LogP contribution in [0.15, 0.2) is 35.3 Å². The molecule has 2 aromatic rings. The zero-order chi connectivity index (χ0) is 19.9. The lowest BCUT2D eigenvalue weighted by Gasteiger charge is -2.20. The van der Waals surface area contributed by atoms with E-state index in [4.69, 9.17) is 14.5 Å². The molecule has 2 N–H and O–H groups in total. The first-order valence-corrected chi connectivity index (χ1v) is 9.79. The molecule has 29 heavy (non-hydrogen) atoms. The summed E-state index contributed by atoms with van der Waals surface area (Å²) in [5.41, 5.74) is 2.18. The Morgan fingerprint density at radius 3 is 2.86 bits per heavy atom. The van der Waals surface area contributed by atoms with Crippen molar-refractivity contribution in [2.45, 2.75) is 32.0 Å². The fourth-order valence-corrected chi connectivity index (χ4v) is 3.18. The molecule has 1 aliphatic rings. The van der Waals surface area contributed by atoms with Crippen molar-refractivity contribution in [2.75, 3.05) is 45.9 Å². The maximum absolute atomic E-state index is 5.89.